The van der Waals surface area contributed by atoms with E-state index in [2.05, 4.69) is 15.7 Å². The molecule has 1 aliphatic rings. The Hall–Kier alpha value is -2.20. The van der Waals surface area contributed by atoms with Crippen molar-refractivity contribution >= 4 is 5.91 Å². The van der Waals surface area contributed by atoms with Gasteiger partial charge in [0.15, 0.2) is 0 Å². The molecule has 0 saturated heterocycles. The van der Waals surface area contributed by atoms with Crippen LogP contribution in [-0.4, -0.2) is 28.8 Å². The molecule has 1 aromatic heterocycles. The van der Waals surface area contributed by atoms with Gasteiger partial charge < -0.3 is 10.6 Å². The number of carbonyl (C=O) groups is 1. The molecule has 2 heterocycles. The monoisotopic (exact) mass is 247 g/mol. The van der Waals surface area contributed by atoms with E-state index in [9.17, 15) is 9.59 Å². The van der Waals surface area contributed by atoms with Gasteiger partial charge in [0.05, 0.1) is 11.8 Å². The average molecular weight is 247 g/mol. The second-order valence-corrected chi connectivity index (χ2v) is 3.97. The Kier molecular flexibility index (Phi) is 3.69. The van der Waals surface area contributed by atoms with Crippen molar-refractivity contribution in [2.75, 3.05) is 13.1 Å². The predicted molar refractivity (Wildman–Crippen MR) is 62.5 cm³/mol. The van der Waals surface area contributed by atoms with Gasteiger partial charge in [-0.2, -0.15) is 10.4 Å². The highest BCUT2D eigenvalue weighted by Crippen LogP contribution is 2.07. The zero-order valence-electron chi connectivity index (χ0n) is 9.77. The van der Waals surface area contributed by atoms with E-state index in [0.29, 0.717) is 6.54 Å². The summed E-state index contributed by atoms with van der Waals surface area (Å²) in [6, 6.07) is 3.31. The molecule has 1 amide bonds. The number of fused-ring (bicyclic) bond motifs is 1. The van der Waals surface area contributed by atoms with Gasteiger partial charge >= 0.3 is 0 Å². The van der Waals surface area contributed by atoms with Crippen LogP contribution in [0.15, 0.2) is 10.9 Å². The minimum absolute atomic E-state index is 0.0670. The Morgan fingerprint density at radius 1 is 1.67 bits per heavy atom. The Balaban J connectivity index is 2.16. The SMILES string of the molecule is N#CCNC(=O)Cn1nc2c(cc1=O)CNCC2. The molecule has 2 N–H and O–H groups in total. The third-order valence-corrected chi connectivity index (χ3v) is 2.68. The topological polar surface area (TPSA) is 99.8 Å². The molecule has 94 valence electrons. The number of nitrogens with zero attached hydrogens (tertiary/aromatic N) is 3. The third-order valence-electron chi connectivity index (χ3n) is 2.68. The van der Waals surface area contributed by atoms with Gasteiger partial charge in [-0.25, -0.2) is 4.68 Å². The minimum Gasteiger partial charge on any atom is -0.341 e. The van der Waals surface area contributed by atoms with Gasteiger partial charge in [0, 0.05) is 25.6 Å². The highest BCUT2D eigenvalue weighted by atomic mass is 16.2. The quantitative estimate of drug-likeness (QED) is 0.635. The van der Waals surface area contributed by atoms with E-state index in [0.717, 1.165) is 28.9 Å². The molecule has 0 aliphatic carbocycles. The first-order valence-electron chi connectivity index (χ1n) is 5.65. The van der Waals surface area contributed by atoms with Crippen molar-refractivity contribution < 1.29 is 4.79 Å². The normalized spacial score (nSPS) is 13.5. The second-order valence-electron chi connectivity index (χ2n) is 3.97. The van der Waals surface area contributed by atoms with E-state index in [1.807, 2.05) is 0 Å². The number of aromatic nitrogens is 2. The minimum atomic E-state index is -0.389. The number of rotatable bonds is 3. The first kappa shape index (κ1) is 12.3. The summed E-state index contributed by atoms with van der Waals surface area (Å²) in [5, 5.41) is 18.0. The fourth-order valence-electron chi connectivity index (χ4n) is 1.80. The van der Waals surface area contributed by atoms with Crippen LogP contribution in [0.2, 0.25) is 0 Å². The van der Waals surface area contributed by atoms with Gasteiger partial charge in [-0.05, 0) is 5.56 Å². The summed E-state index contributed by atoms with van der Waals surface area (Å²) in [7, 11) is 0. The number of nitriles is 1. The molecule has 0 radical (unpaired) electrons. The number of hydrogen-bond donors (Lipinski definition) is 2. The molecule has 0 saturated carbocycles. The lowest BCUT2D eigenvalue weighted by molar-refractivity contribution is -0.121. The molecule has 0 fully saturated rings. The fourth-order valence-corrected chi connectivity index (χ4v) is 1.80. The standard InChI is InChI=1S/C11H13N5O2/c12-2-4-14-10(17)7-16-11(18)5-8-6-13-3-1-9(8)15-16/h5,13H,1,3-4,6-7H2,(H,14,17). The lowest BCUT2D eigenvalue weighted by Gasteiger charge is -2.16. The van der Waals surface area contributed by atoms with E-state index >= 15 is 0 Å². The third kappa shape index (κ3) is 2.73. The molecule has 7 heteroatoms. The Bertz CT molecular complexity index is 558. The van der Waals surface area contributed by atoms with Gasteiger partial charge in [0.1, 0.15) is 13.1 Å². The van der Waals surface area contributed by atoms with Crippen molar-refractivity contribution in [2.45, 2.75) is 19.5 Å². The number of hydrogen-bond acceptors (Lipinski definition) is 5. The van der Waals surface area contributed by atoms with Gasteiger partial charge in [-0.1, -0.05) is 0 Å². The van der Waals surface area contributed by atoms with Crippen LogP contribution in [0.1, 0.15) is 11.3 Å². The molecule has 0 bridgehead atoms. The second kappa shape index (κ2) is 5.42. The Morgan fingerprint density at radius 2 is 2.50 bits per heavy atom. The van der Waals surface area contributed by atoms with Crippen molar-refractivity contribution in [1.29, 1.82) is 5.26 Å². The zero-order chi connectivity index (χ0) is 13.0. The summed E-state index contributed by atoms with van der Waals surface area (Å²) in [4.78, 5) is 23.1. The molecule has 0 atom stereocenters. The van der Waals surface area contributed by atoms with Crippen LogP contribution in [0, 0.1) is 11.3 Å². The maximum atomic E-state index is 11.7. The zero-order valence-corrected chi connectivity index (χ0v) is 9.77. The first-order valence-corrected chi connectivity index (χ1v) is 5.65. The van der Waals surface area contributed by atoms with Gasteiger partial charge in [-0.15, -0.1) is 0 Å². The maximum absolute atomic E-state index is 11.7. The lowest BCUT2D eigenvalue weighted by Crippen LogP contribution is -2.36. The summed E-state index contributed by atoms with van der Waals surface area (Å²) in [6.45, 7) is 1.24. The predicted octanol–water partition coefficient (Wildman–Crippen LogP) is -1.47. The maximum Gasteiger partial charge on any atom is 0.267 e. The first-order chi connectivity index (χ1) is 8.70. The molecular weight excluding hydrogens is 234 g/mol. The highest BCUT2D eigenvalue weighted by molar-refractivity contribution is 5.75. The Labute approximate surface area is 103 Å². The number of amides is 1. The highest BCUT2D eigenvalue weighted by Gasteiger charge is 2.13. The molecule has 18 heavy (non-hydrogen) atoms. The van der Waals surface area contributed by atoms with Crippen LogP contribution in [0.5, 0.6) is 0 Å². The van der Waals surface area contributed by atoms with E-state index in [-0.39, 0.29) is 24.6 Å². The van der Waals surface area contributed by atoms with Gasteiger partial charge in [0.2, 0.25) is 5.91 Å². The summed E-state index contributed by atoms with van der Waals surface area (Å²) < 4.78 is 1.14. The van der Waals surface area contributed by atoms with Crippen LogP contribution in [0.4, 0.5) is 0 Å². The fraction of sp³-hybridized carbons (Fsp3) is 0.455. The molecule has 0 aromatic carbocycles. The largest absolute Gasteiger partial charge is 0.341 e. The summed E-state index contributed by atoms with van der Waals surface area (Å²) >= 11 is 0. The van der Waals surface area contributed by atoms with Crippen molar-refractivity contribution in [2.24, 2.45) is 0 Å². The van der Waals surface area contributed by atoms with Gasteiger partial charge in [0.25, 0.3) is 5.56 Å². The van der Waals surface area contributed by atoms with E-state index in [4.69, 9.17) is 5.26 Å². The van der Waals surface area contributed by atoms with E-state index in [1.54, 1.807) is 6.07 Å². The van der Waals surface area contributed by atoms with E-state index < -0.39 is 0 Å². The number of nitrogens with one attached hydrogen (secondary N) is 2. The van der Waals surface area contributed by atoms with Crippen LogP contribution < -0.4 is 16.2 Å². The van der Waals surface area contributed by atoms with Gasteiger partial charge in [-0.3, -0.25) is 9.59 Å². The lowest BCUT2D eigenvalue weighted by atomic mass is 10.1. The van der Waals surface area contributed by atoms with Crippen LogP contribution in [0.25, 0.3) is 0 Å². The molecule has 1 aliphatic heterocycles. The summed E-state index contributed by atoms with van der Waals surface area (Å²) in [6.07, 6.45) is 0.745. The molecule has 1 aromatic rings. The molecule has 0 unspecified atom stereocenters. The summed E-state index contributed by atoms with van der Waals surface area (Å²) in [5.74, 6) is -0.389. The van der Waals surface area contributed by atoms with Crippen molar-refractivity contribution in [1.82, 2.24) is 20.4 Å². The Morgan fingerprint density at radius 3 is 3.28 bits per heavy atom. The van der Waals surface area contributed by atoms with Crippen molar-refractivity contribution in [3.05, 3.63) is 27.7 Å². The molecular formula is C11H13N5O2. The van der Waals surface area contributed by atoms with Crippen molar-refractivity contribution in [3.8, 4) is 6.07 Å². The van der Waals surface area contributed by atoms with Crippen molar-refractivity contribution in [3.63, 3.8) is 0 Å². The van der Waals surface area contributed by atoms with Crippen LogP contribution in [-0.2, 0) is 24.3 Å². The molecule has 7 nitrogen and oxygen atoms in total. The molecule has 0 spiro atoms. The summed E-state index contributed by atoms with van der Waals surface area (Å²) in [5.41, 5.74) is 1.44. The van der Waals surface area contributed by atoms with Crippen LogP contribution in [0.3, 0.4) is 0 Å². The molecule has 2 rings (SSSR count). The average Bonchev–Trinajstić information content (AvgIpc) is 2.37. The number of carbonyl (C=O) groups excluding carboxylic acids is 1. The van der Waals surface area contributed by atoms with E-state index in [1.165, 1.54) is 6.07 Å². The van der Waals surface area contributed by atoms with Crippen LogP contribution >= 0.6 is 0 Å². The smallest absolute Gasteiger partial charge is 0.267 e.